The third-order valence-corrected chi connectivity index (χ3v) is 3.13. The molecule has 1 aromatic heterocycles. The molecule has 2 heterocycles. The van der Waals surface area contributed by atoms with E-state index in [0.29, 0.717) is 0 Å². The maximum absolute atomic E-state index is 5.92. The third-order valence-electron chi connectivity index (χ3n) is 3.13. The Kier molecular flexibility index (Phi) is 2.29. The summed E-state index contributed by atoms with van der Waals surface area (Å²) in [7, 11) is 2.13. The Labute approximate surface area is 95.5 Å². The lowest BCUT2D eigenvalue weighted by molar-refractivity contribution is 0.279. The Hall–Kier alpha value is -1.54. The highest BCUT2D eigenvalue weighted by Gasteiger charge is 2.18. The first-order valence-corrected chi connectivity index (χ1v) is 5.68. The first kappa shape index (κ1) is 9.67. The summed E-state index contributed by atoms with van der Waals surface area (Å²) >= 11 is 0. The first-order valence-electron chi connectivity index (χ1n) is 5.68. The molecule has 3 rings (SSSR count). The number of benzene rings is 1. The van der Waals surface area contributed by atoms with Crippen molar-refractivity contribution in [2.24, 2.45) is 0 Å². The van der Waals surface area contributed by atoms with Crippen LogP contribution in [-0.4, -0.2) is 18.5 Å². The van der Waals surface area contributed by atoms with Crippen LogP contribution in [0.5, 0.6) is 0 Å². The predicted octanol–water partition coefficient (Wildman–Crippen LogP) is 2.93. The van der Waals surface area contributed by atoms with Crippen LogP contribution in [-0.2, 0) is 13.0 Å². The summed E-state index contributed by atoms with van der Waals surface area (Å²) in [6.07, 6.45) is 1.10. The fourth-order valence-corrected chi connectivity index (χ4v) is 2.19. The molecule has 16 heavy (non-hydrogen) atoms. The van der Waals surface area contributed by atoms with Crippen molar-refractivity contribution in [3.63, 3.8) is 0 Å². The van der Waals surface area contributed by atoms with E-state index in [9.17, 15) is 0 Å². The van der Waals surface area contributed by atoms with Gasteiger partial charge < -0.3 is 4.42 Å². The fraction of sp³-hybridized carbons (Fsp3) is 0.286. The number of rotatable bonds is 1. The smallest absolute Gasteiger partial charge is 0.134 e. The monoisotopic (exact) mass is 213 g/mol. The normalized spacial score (nSPS) is 16.1. The Morgan fingerprint density at radius 2 is 2.00 bits per heavy atom. The second-order valence-electron chi connectivity index (χ2n) is 4.41. The van der Waals surface area contributed by atoms with Crippen LogP contribution in [0.25, 0.3) is 11.3 Å². The van der Waals surface area contributed by atoms with Crippen molar-refractivity contribution >= 4 is 0 Å². The first-order chi connectivity index (χ1) is 7.83. The largest absolute Gasteiger partial charge is 0.459 e. The van der Waals surface area contributed by atoms with Gasteiger partial charge in [0.1, 0.15) is 11.5 Å². The zero-order valence-corrected chi connectivity index (χ0v) is 9.44. The molecular formula is C14H15NO. The summed E-state index contributed by atoms with van der Waals surface area (Å²) in [4.78, 5) is 2.29. The number of hydrogen-bond acceptors (Lipinski definition) is 2. The van der Waals surface area contributed by atoms with Crippen LogP contribution in [0.3, 0.4) is 0 Å². The zero-order chi connectivity index (χ0) is 11.0. The van der Waals surface area contributed by atoms with E-state index in [4.69, 9.17) is 4.42 Å². The van der Waals surface area contributed by atoms with E-state index in [1.165, 1.54) is 11.1 Å². The van der Waals surface area contributed by atoms with Crippen molar-refractivity contribution in [3.05, 3.63) is 47.7 Å². The van der Waals surface area contributed by atoms with Gasteiger partial charge in [-0.2, -0.15) is 0 Å². The minimum Gasteiger partial charge on any atom is -0.459 e. The van der Waals surface area contributed by atoms with Crippen molar-refractivity contribution in [2.75, 3.05) is 13.6 Å². The minimum absolute atomic E-state index is 0.933. The molecule has 1 aliphatic heterocycles. The highest BCUT2D eigenvalue weighted by molar-refractivity contribution is 5.58. The van der Waals surface area contributed by atoms with Gasteiger partial charge in [0.15, 0.2) is 0 Å². The molecule has 0 amide bonds. The van der Waals surface area contributed by atoms with Crippen LogP contribution >= 0.6 is 0 Å². The average molecular weight is 213 g/mol. The van der Waals surface area contributed by atoms with Gasteiger partial charge in [0, 0.05) is 12.1 Å². The van der Waals surface area contributed by atoms with Crippen LogP contribution < -0.4 is 0 Å². The number of likely N-dealkylation sites (N-methyl/N-ethyl adjacent to an activating group) is 1. The quantitative estimate of drug-likeness (QED) is 0.724. The van der Waals surface area contributed by atoms with Crippen molar-refractivity contribution in [2.45, 2.75) is 13.0 Å². The van der Waals surface area contributed by atoms with Gasteiger partial charge in [0.2, 0.25) is 0 Å². The maximum atomic E-state index is 5.92. The van der Waals surface area contributed by atoms with E-state index in [1.807, 2.05) is 18.2 Å². The van der Waals surface area contributed by atoms with Gasteiger partial charge in [-0.1, -0.05) is 30.3 Å². The molecular weight excluding hydrogens is 198 g/mol. The summed E-state index contributed by atoms with van der Waals surface area (Å²) < 4.78 is 5.92. The molecule has 0 atom stereocenters. The molecule has 82 valence electrons. The standard InChI is InChI=1S/C14H15NO/c1-15-8-7-12-9-13(16-14(12)10-15)11-5-3-2-4-6-11/h2-6,9H,7-8,10H2,1H3. The lowest BCUT2D eigenvalue weighted by Gasteiger charge is -2.20. The van der Waals surface area contributed by atoms with Crippen molar-refractivity contribution in [1.29, 1.82) is 0 Å². The number of nitrogens with zero attached hydrogens (tertiary/aromatic N) is 1. The van der Waals surface area contributed by atoms with E-state index in [1.54, 1.807) is 0 Å². The molecule has 0 N–H and O–H groups in total. The lowest BCUT2D eigenvalue weighted by atomic mass is 10.1. The molecule has 2 nitrogen and oxygen atoms in total. The third kappa shape index (κ3) is 1.65. The number of hydrogen-bond donors (Lipinski definition) is 0. The Morgan fingerprint density at radius 3 is 2.81 bits per heavy atom. The maximum Gasteiger partial charge on any atom is 0.134 e. The van der Waals surface area contributed by atoms with Gasteiger partial charge in [-0.05, 0) is 25.1 Å². The van der Waals surface area contributed by atoms with Gasteiger partial charge in [0.25, 0.3) is 0 Å². The van der Waals surface area contributed by atoms with E-state index in [0.717, 1.165) is 31.0 Å². The molecule has 0 aliphatic carbocycles. The van der Waals surface area contributed by atoms with Crippen LogP contribution in [0.2, 0.25) is 0 Å². The highest BCUT2D eigenvalue weighted by atomic mass is 16.3. The van der Waals surface area contributed by atoms with Gasteiger partial charge in [-0.15, -0.1) is 0 Å². The van der Waals surface area contributed by atoms with Crippen molar-refractivity contribution < 1.29 is 4.42 Å². The second-order valence-corrected chi connectivity index (χ2v) is 4.41. The molecule has 0 unspecified atom stereocenters. The van der Waals surface area contributed by atoms with E-state index in [2.05, 4.69) is 30.1 Å². The van der Waals surface area contributed by atoms with Crippen LogP contribution in [0, 0.1) is 0 Å². The Morgan fingerprint density at radius 1 is 1.19 bits per heavy atom. The lowest BCUT2D eigenvalue weighted by Crippen LogP contribution is -2.25. The summed E-state index contributed by atoms with van der Waals surface area (Å²) in [5, 5.41) is 0. The zero-order valence-electron chi connectivity index (χ0n) is 9.44. The number of fused-ring (bicyclic) bond motifs is 1. The summed E-state index contributed by atoms with van der Waals surface area (Å²) in [5.41, 5.74) is 2.54. The molecule has 1 aliphatic rings. The summed E-state index contributed by atoms with van der Waals surface area (Å²) in [6.45, 7) is 2.06. The van der Waals surface area contributed by atoms with Crippen molar-refractivity contribution in [3.8, 4) is 11.3 Å². The van der Waals surface area contributed by atoms with Crippen LogP contribution in [0.1, 0.15) is 11.3 Å². The van der Waals surface area contributed by atoms with Gasteiger partial charge in [0.05, 0.1) is 6.54 Å². The highest BCUT2D eigenvalue weighted by Crippen LogP contribution is 2.28. The second kappa shape index (κ2) is 3.80. The topological polar surface area (TPSA) is 16.4 Å². The van der Waals surface area contributed by atoms with E-state index >= 15 is 0 Å². The van der Waals surface area contributed by atoms with E-state index < -0.39 is 0 Å². The summed E-state index contributed by atoms with van der Waals surface area (Å²) in [6, 6.07) is 12.5. The van der Waals surface area contributed by atoms with Crippen molar-refractivity contribution in [1.82, 2.24) is 4.90 Å². The van der Waals surface area contributed by atoms with Gasteiger partial charge in [-0.25, -0.2) is 0 Å². The molecule has 0 saturated heterocycles. The molecule has 0 saturated carbocycles. The van der Waals surface area contributed by atoms with E-state index in [-0.39, 0.29) is 0 Å². The Bertz CT molecular complexity index is 487. The predicted molar refractivity (Wildman–Crippen MR) is 64.2 cm³/mol. The molecule has 1 aromatic carbocycles. The molecule has 0 radical (unpaired) electrons. The Balaban J connectivity index is 1.99. The van der Waals surface area contributed by atoms with Crippen LogP contribution in [0.15, 0.2) is 40.8 Å². The van der Waals surface area contributed by atoms with Crippen LogP contribution in [0.4, 0.5) is 0 Å². The number of furan rings is 1. The average Bonchev–Trinajstić information content (AvgIpc) is 2.73. The molecule has 0 bridgehead atoms. The summed E-state index contributed by atoms with van der Waals surface area (Å²) in [5.74, 6) is 2.13. The minimum atomic E-state index is 0.933. The molecule has 2 aromatic rings. The van der Waals surface area contributed by atoms with Gasteiger partial charge >= 0.3 is 0 Å². The molecule has 0 fully saturated rings. The SMILES string of the molecule is CN1CCc2cc(-c3ccccc3)oc2C1. The molecule has 0 spiro atoms. The van der Waals surface area contributed by atoms with Gasteiger partial charge in [-0.3, -0.25) is 4.90 Å². The molecule has 2 heteroatoms. The fourth-order valence-electron chi connectivity index (χ4n) is 2.19.